The lowest BCUT2D eigenvalue weighted by Gasteiger charge is -2.20. The van der Waals surface area contributed by atoms with Crippen molar-refractivity contribution in [3.05, 3.63) is 69.0 Å². The van der Waals surface area contributed by atoms with Crippen LogP contribution in [0, 0.1) is 0 Å². The van der Waals surface area contributed by atoms with Crippen LogP contribution in [0.15, 0.2) is 52.2 Å². The molecule has 0 aliphatic rings. The Morgan fingerprint density at radius 1 is 0.714 bits per heavy atom. The van der Waals surface area contributed by atoms with Crippen LogP contribution in [0.4, 0.5) is 0 Å². The molecule has 196 valence electrons. The first-order chi connectivity index (χ1) is 17.2. The van der Waals surface area contributed by atoms with Crippen molar-refractivity contribution in [3.8, 4) is 0 Å². The normalized spacial score (nSPS) is 12.1. The highest BCUT2D eigenvalue weighted by Gasteiger charge is 2.15. The maximum absolute atomic E-state index is 12.3. The van der Waals surface area contributed by atoms with Gasteiger partial charge in [0.25, 0.3) is 5.56 Å². The fourth-order valence-corrected chi connectivity index (χ4v) is 4.69. The second-order valence-electron chi connectivity index (χ2n) is 9.79. The van der Waals surface area contributed by atoms with Crippen LogP contribution in [0.2, 0.25) is 0 Å². The molecular formula is C30H48N2O3. The van der Waals surface area contributed by atoms with E-state index < -0.39 is 0 Å². The summed E-state index contributed by atoms with van der Waals surface area (Å²) in [6, 6.07) is 11.3. The van der Waals surface area contributed by atoms with Gasteiger partial charge in [0.2, 0.25) is 0 Å². The summed E-state index contributed by atoms with van der Waals surface area (Å²) in [7, 11) is 0. The second kappa shape index (κ2) is 19.1. The van der Waals surface area contributed by atoms with Gasteiger partial charge >= 0.3 is 5.69 Å². The molecule has 1 aromatic carbocycles. The van der Waals surface area contributed by atoms with Gasteiger partial charge in [-0.1, -0.05) is 121 Å². The zero-order valence-electron chi connectivity index (χ0n) is 22.0. The highest BCUT2D eigenvalue weighted by Crippen LogP contribution is 2.21. The number of benzene rings is 1. The molecule has 0 spiro atoms. The third-order valence-electron chi connectivity index (χ3n) is 6.78. The third-order valence-corrected chi connectivity index (χ3v) is 6.78. The number of aromatic amines is 1. The van der Waals surface area contributed by atoms with Gasteiger partial charge in [0.1, 0.15) is 0 Å². The van der Waals surface area contributed by atoms with Crippen LogP contribution in [0.25, 0.3) is 0 Å². The number of nitrogens with one attached hydrogen (secondary N) is 1. The van der Waals surface area contributed by atoms with Crippen molar-refractivity contribution in [1.29, 1.82) is 0 Å². The Labute approximate surface area is 212 Å². The number of nitrogens with zero attached hydrogens (tertiary/aromatic N) is 1. The van der Waals surface area contributed by atoms with Crippen LogP contribution >= 0.6 is 0 Å². The van der Waals surface area contributed by atoms with Gasteiger partial charge in [0.05, 0.1) is 6.04 Å². The molecule has 1 N–H and O–H groups in total. The number of hydrogen-bond acceptors (Lipinski definition) is 3. The number of rotatable bonds is 21. The molecule has 1 unspecified atom stereocenters. The van der Waals surface area contributed by atoms with Crippen molar-refractivity contribution >= 4 is 0 Å². The minimum atomic E-state index is -0.366. The van der Waals surface area contributed by atoms with Crippen LogP contribution in [-0.2, 0) is 4.74 Å². The van der Waals surface area contributed by atoms with Crippen molar-refractivity contribution < 1.29 is 4.74 Å². The van der Waals surface area contributed by atoms with E-state index in [0.717, 1.165) is 31.4 Å². The zero-order valence-corrected chi connectivity index (χ0v) is 22.0. The van der Waals surface area contributed by atoms with Gasteiger partial charge < -0.3 is 4.74 Å². The summed E-state index contributed by atoms with van der Waals surface area (Å²) < 4.78 is 7.48. The number of hydrogen-bond donors (Lipinski definition) is 1. The second-order valence-corrected chi connectivity index (χ2v) is 9.79. The van der Waals surface area contributed by atoms with E-state index >= 15 is 0 Å². The summed E-state index contributed by atoms with van der Waals surface area (Å²) in [5, 5.41) is 0. The summed E-state index contributed by atoms with van der Waals surface area (Å²) >= 11 is 0. The molecule has 1 atom stereocenters. The molecule has 0 saturated carbocycles. The Hall–Kier alpha value is -2.14. The van der Waals surface area contributed by atoms with E-state index in [2.05, 4.69) is 11.9 Å². The molecule has 1 heterocycles. The zero-order chi connectivity index (χ0) is 25.0. The van der Waals surface area contributed by atoms with Crippen molar-refractivity contribution in [2.75, 3.05) is 13.2 Å². The first-order valence-electron chi connectivity index (χ1n) is 14.2. The van der Waals surface area contributed by atoms with Crippen LogP contribution in [0.1, 0.15) is 121 Å². The monoisotopic (exact) mass is 484 g/mol. The van der Waals surface area contributed by atoms with Gasteiger partial charge in [0, 0.05) is 25.5 Å². The molecule has 0 amide bonds. The van der Waals surface area contributed by atoms with Gasteiger partial charge in [-0.15, -0.1) is 0 Å². The lowest BCUT2D eigenvalue weighted by Crippen LogP contribution is -2.32. The predicted molar refractivity (Wildman–Crippen MR) is 146 cm³/mol. The topological polar surface area (TPSA) is 64.1 Å². The van der Waals surface area contributed by atoms with Crippen LogP contribution < -0.4 is 11.2 Å². The molecule has 1 aromatic heterocycles. The summed E-state index contributed by atoms with van der Waals surface area (Å²) in [4.78, 5) is 26.1. The van der Waals surface area contributed by atoms with Gasteiger partial charge in [0.15, 0.2) is 0 Å². The minimum absolute atomic E-state index is 0.106. The van der Waals surface area contributed by atoms with Crippen molar-refractivity contribution in [2.45, 2.75) is 116 Å². The average Bonchev–Trinajstić information content (AvgIpc) is 2.87. The van der Waals surface area contributed by atoms with Gasteiger partial charge in [-0.3, -0.25) is 14.3 Å². The number of unbranched alkanes of at least 4 members (excludes halogenated alkanes) is 13. The molecule has 0 aliphatic carbocycles. The molecule has 35 heavy (non-hydrogen) atoms. The first-order valence-corrected chi connectivity index (χ1v) is 14.2. The van der Waals surface area contributed by atoms with E-state index in [1.807, 2.05) is 30.3 Å². The molecule has 0 saturated heterocycles. The number of aromatic nitrogens is 2. The van der Waals surface area contributed by atoms with E-state index in [-0.39, 0.29) is 17.3 Å². The molecule has 2 aromatic rings. The molecule has 2 rings (SSSR count). The van der Waals surface area contributed by atoms with Crippen molar-refractivity contribution in [3.63, 3.8) is 0 Å². The maximum Gasteiger partial charge on any atom is 0.328 e. The largest absolute Gasteiger partial charge is 0.381 e. The Kier molecular flexibility index (Phi) is 15.9. The quantitative estimate of drug-likeness (QED) is 0.188. The lowest BCUT2D eigenvalue weighted by atomic mass is 10.0. The summed E-state index contributed by atoms with van der Waals surface area (Å²) in [6.07, 6.45) is 22.3. The molecule has 5 heteroatoms. The Bertz CT molecular complexity index is 875. The lowest BCUT2D eigenvalue weighted by molar-refractivity contribution is 0.124. The summed E-state index contributed by atoms with van der Waals surface area (Å²) in [5.74, 6) is 0. The SMILES string of the molecule is CCCCCCCCCCCCCCCCOCCCC(c1ccccc1)n1ccc(=O)[nH]c1=O. The molecule has 0 fully saturated rings. The Balaban J connectivity index is 1.50. The van der Waals surface area contributed by atoms with E-state index in [1.54, 1.807) is 10.8 Å². The van der Waals surface area contributed by atoms with Crippen molar-refractivity contribution in [2.24, 2.45) is 0 Å². The fraction of sp³-hybridized carbons (Fsp3) is 0.667. The standard InChI is InChI=1S/C30H48N2O3/c1-2-3-4-5-6-7-8-9-10-11-12-13-14-18-25-35-26-19-22-28(27-20-16-15-17-21-27)32-24-23-29(33)31-30(32)34/h15-17,20-21,23-24,28H,2-14,18-19,22,25-26H2,1H3,(H,31,33,34). The van der Waals surface area contributed by atoms with E-state index in [0.29, 0.717) is 6.61 Å². The summed E-state index contributed by atoms with van der Waals surface area (Å²) in [5.41, 5.74) is 0.331. The molecular weight excluding hydrogens is 436 g/mol. The molecule has 0 bridgehead atoms. The van der Waals surface area contributed by atoms with Crippen LogP contribution in [0.3, 0.4) is 0 Å². The first kappa shape index (κ1) is 29.1. The van der Waals surface area contributed by atoms with Gasteiger partial charge in [-0.05, 0) is 24.8 Å². The van der Waals surface area contributed by atoms with Crippen molar-refractivity contribution in [1.82, 2.24) is 9.55 Å². The Morgan fingerprint density at radius 2 is 1.26 bits per heavy atom. The maximum atomic E-state index is 12.3. The fourth-order valence-electron chi connectivity index (χ4n) is 4.69. The predicted octanol–water partition coefficient (Wildman–Crippen LogP) is 7.40. The minimum Gasteiger partial charge on any atom is -0.381 e. The van der Waals surface area contributed by atoms with Crippen LogP contribution in [0.5, 0.6) is 0 Å². The smallest absolute Gasteiger partial charge is 0.328 e. The van der Waals surface area contributed by atoms with E-state index in [4.69, 9.17) is 4.74 Å². The van der Waals surface area contributed by atoms with Crippen LogP contribution in [-0.4, -0.2) is 22.8 Å². The highest BCUT2D eigenvalue weighted by atomic mass is 16.5. The third kappa shape index (κ3) is 12.9. The Morgan fingerprint density at radius 3 is 1.83 bits per heavy atom. The molecule has 0 radical (unpaired) electrons. The van der Waals surface area contributed by atoms with E-state index in [1.165, 1.54) is 89.5 Å². The highest BCUT2D eigenvalue weighted by molar-refractivity contribution is 5.20. The molecule has 5 nitrogen and oxygen atoms in total. The number of H-pyrrole nitrogens is 1. The van der Waals surface area contributed by atoms with Gasteiger partial charge in [-0.25, -0.2) is 4.79 Å². The van der Waals surface area contributed by atoms with E-state index in [9.17, 15) is 9.59 Å². The summed E-state index contributed by atoms with van der Waals surface area (Å²) in [6.45, 7) is 3.78. The average molecular weight is 485 g/mol. The van der Waals surface area contributed by atoms with Gasteiger partial charge in [-0.2, -0.15) is 0 Å². The molecule has 0 aliphatic heterocycles. The number of ether oxygens (including phenoxy) is 1.